The highest BCUT2D eigenvalue weighted by molar-refractivity contribution is 5.90. The Morgan fingerprint density at radius 1 is 1.18 bits per heavy atom. The number of nitrogens with zero attached hydrogens (tertiary/aromatic N) is 1. The van der Waals surface area contributed by atoms with E-state index in [1.165, 1.54) is 7.11 Å². The molecule has 2 aromatic rings. The van der Waals surface area contributed by atoms with Gasteiger partial charge in [-0.1, -0.05) is 18.2 Å². The number of rotatable bonds is 2. The number of ether oxygens (including phenoxy) is 1. The SMILES string of the molecule is COC(=O)c1cccc(-c2cccc(C)n2)c1. The second kappa shape index (κ2) is 4.78. The van der Waals surface area contributed by atoms with E-state index >= 15 is 0 Å². The van der Waals surface area contributed by atoms with E-state index in [-0.39, 0.29) is 5.97 Å². The fourth-order valence-corrected chi connectivity index (χ4v) is 1.63. The molecular weight excluding hydrogens is 214 g/mol. The summed E-state index contributed by atoms with van der Waals surface area (Å²) in [4.78, 5) is 15.8. The summed E-state index contributed by atoms with van der Waals surface area (Å²) in [7, 11) is 1.37. The fourth-order valence-electron chi connectivity index (χ4n) is 1.63. The Kier molecular flexibility index (Phi) is 3.19. The predicted molar refractivity (Wildman–Crippen MR) is 65.7 cm³/mol. The molecule has 1 aromatic carbocycles. The lowest BCUT2D eigenvalue weighted by Crippen LogP contribution is -2.01. The van der Waals surface area contributed by atoms with Crippen LogP contribution in [0.3, 0.4) is 0 Å². The number of aromatic nitrogens is 1. The van der Waals surface area contributed by atoms with Crippen LogP contribution in [0.15, 0.2) is 42.5 Å². The third-order valence-electron chi connectivity index (χ3n) is 2.47. The second-order valence-electron chi connectivity index (χ2n) is 3.74. The summed E-state index contributed by atoms with van der Waals surface area (Å²) in [5, 5.41) is 0. The van der Waals surface area contributed by atoms with E-state index in [9.17, 15) is 4.79 Å². The third-order valence-corrected chi connectivity index (χ3v) is 2.47. The predicted octanol–water partition coefficient (Wildman–Crippen LogP) is 2.84. The summed E-state index contributed by atoms with van der Waals surface area (Å²) >= 11 is 0. The summed E-state index contributed by atoms with van der Waals surface area (Å²) in [5.74, 6) is -0.334. The van der Waals surface area contributed by atoms with Crippen molar-refractivity contribution in [3.63, 3.8) is 0 Å². The van der Waals surface area contributed by atoms with Gasteiger partial charge in [0.2, 0.25) is 0 Å². The highest BCUT2D eigenvalue weighted by atomic mass is 16.5. The smallest absolute Gasteiger partial charge is 0.337 e. The van der Waals surface area contributed by atoms with Crippen LogP contribution in [-0.4, -0.2) is 18.1 Å². The van der Waals surface area contributed by atoms with Gasteiger partial charge in [0.05, 0.1) is 18.4 Å². The molecule has 0 unspecified atom stereocenters. The topological polar surface area (TPSA) is 39.2 Å². The normalized spacial score (nSPS) is 10.0. The number of benzene rings is 1. The van der Waals surface area contributed by atoms with E-state index < -0.39 is 0 Å². The lowest BCUT2D eigenvalue weighted by atomic mass is 10.1. The zero-order chi connectivity index (χ0) is 12.3. The van der Waals surface area contributed by atoms with Crippen molar-refractivity contribution >= 4 is 5.97 Å². The first kappa shape index (κ1) is 11.3. The number of methoxy groups -OCH3 is 1. The minimum Gasteiger partial charge on any atom is -0.465 e. The molecule has 0 aliphatic rings. The van der Waals surface area contributed by atoms with Gasteiger partial charge in [-0.2, -0.15) is 0 Å². The summed E-state index contributed by atoms with van der Waals surface area (Å²) in [6, 6.07) is 13.1. The van der Waals surface area contributed by atoms with Gasteiger partial charge < -0.3 is 4.74 Å². The summed E-state index contributed by atoms with van der Waals surface area (Å²) in [6.45, 7) is 1.94. The molecular formula is C14H13NO2. The average Bonchev–Trinajstić information content (AvgIpc) is 2.38. The quantitative estimate of drug-likeness (QED) is 0.740. The van der Waals surface area contributed by atoms with Gasteiger partial charge in [-0.05, 0) is 31.2 Å². The lowest BCUT2D eigenvalue weighted by molar-refractivity contribution is 0.0601. The first-order valence-electron chi connectivity index (χ1n) is 5.33. The number of hydrogen-bond donors (Lipinski definition) is 0. The molecule has 0 aliphatic carbocycles. The average molecular weight is 227 g/mol. The highest BCUT2D eigenvalue weighted by Crippen LogP contribution is 2.18. The molecule has 2 rings (SSSR count). The standard InChI is InChI=1S/C14H13NO2/c1-10-5-3-8-13(15-10)11-6-4-7-12(9-11)14(16)17-2/h3-9H,1-2H3. The van der Waals surface area contributed by atoms with E-state index in [0.717, 1.165) is 17.0 Å². The van der Waals surface area contributed by atoms with Crippen LogP contribution in [0.4, 0.5) is 0 Å². The van der Waals surface area contributed by atoms with E-state index in [1.807, 2.05) is 37.3 Å². The van der Waals surface area contributed by atoms with Gasteiger partial charge in [-0.25, -0.2) is 4.79 Å². The number of pyridine rings is 1. The van der Waals surface area contributed by atoms with Crippen LogP contribution in [0.5, 0.6) is 0 Å². The first-order chi connectivity index (χ1) is 8.20. The van der Waals surface area contributed by atoms with Gasteiger partial charge in [0, 0.05) is 11.3 Å². The summed E-state index contributed by atoms with van der Waals surface area (Å²) < 4.78 is 4.69. The second-order valence-corrected chi connectivity index (χ2v) is 3.74. The Morgan fingerprint density at radius 2 is 1.94 bits per heavy atom. The van der Waals surface area contributed by atoms with Crippen LogP contribution in [0.2, 0.25) is 0 Å². The Balaban J connectivity index is 2.43. The van der Waals surface area contributed by atoms with Gasteiger partial charge in [0.1, 0.15) is 0 Å². The van der Waals surface area contributed by atoms with Crippen molar-refractivity contribution in [2.75, 3.05) is 7.11 Å². The van der Waals surface area contributed by atoms with Gasteiger partial charge >= 0.3 is 5.97 Å². The molecule has 0 spiro atoms. The largest absolute Gasteiger partial charge is 0.465 e. The Bertz CT molecular complexity index is 549. The van der Waals surface area contributed by atoms with Crippen molar-refractivity contribution in [3.05, 3.63) is 53.7 Å². The molecule has 86 valence electrons. The monoisotopic (exact) mass is 227 g/mol. The van der Waals surface area contributed by atoms with Crippen LogP contribution in [0.1, 0.15) is 16.1 Å². The fraction of sp³-hybridized carbons (Fsp3) is 0.143. The van der Waals surface area contributed by atoms with Crippen LogP contribution in [0.25, 0.3) is 11.3 Å². The van der Waals surface area contributed by atoms with E-state index in [1.54, 1.807) is 12.1 Å². The Morgan fingerprint density at radius 3 is 2.65 bits per heavy atom. The maximum Gasteiger partial charge on any atom is 0.337 e. The highest BCUT2D eigenvalue weighted by Gasteiger charge is 2.07. The van der Waals surface area contributed by atoms with Crippen LogP contribution in [0, 0.1) is 6.92 Å². The molecule has 0 bridgehead atoms. The Labute approximate surface area is 100 Å². The van der Waals surface area contributed by atoms with E-state index in [0.29, 0.717) is 5.56 Å². The summed E-state index contributed by atoms with van der Waals surface area (Å²) in [5.41, 5.74) is 3.26. The molecule has 0 atom stereocenters. The number of esters is 1. The first-order valence-corrected chi connectivity index (χ1v) is 5.33. The van der Waals surface area contributed by atoms with Gasteiger partial charge in [-0.15, -0.1) is 0 Å². The van der Waals surface area contributed by atoms with Crippen LogP contribution < -0.4 is 0 Å². The molecule has 0 fully saturated rings. The molecule has 17 heavy (non-hydrogen) atoms. The zero-order valence-electron chi connectivity index (χ0n) is 9.81. The molecule has 1 aromatic heterocycles. The van der Waals surface area contributed by atoms with Gasteiger partial charge in [0.15, 0.2) is 0 Å². The van der Waals surface area contributed by atoms with E-state index in [4.69, 9.17) is 4.74 Å². The van der Waals surface area contributed by atoms with Gasteiger partial charge in [0.25, 0.3) is 0 Å². The molecule has 0 amide bonds. The van der Waals surface area contributed by atoms with Gasteiger partial charge in [-0.3, -0.25) is 4.98 Å². The van der Waals surface area contributed by atoms with Crippen LogP contribution >= 0.6 is 0 Å². The van der Waals surface area contributed by atoms with Crippen molar-refractivity contribution in [3.8, 4) is 11.3 Å². The third kappa shape index (κ3) is 2.50. The molecule has 0 aliphatic heterocycles. The number of hydrogen-bond acceptors (Lipinski definition) is 3. The maximum atomic E-state index is 11.4. The zero-order valence-corrected chi connectivity index (χ0v) is 9.81. The number of carbonyl (C=O) groups excluding carboxylic acids is 1. The molecule has 0 N–H and O–H groups in total. The lowest BCUT2D eigenvalue weighted by Gasteiger charge is -2.04. The van der Waals surface area contributed by atoms with Crippen LogP contribution in [-0.2, 0) is 4.74 Å². The summed E-state index contributed by atoms with van der Waals surface area (Å²) in [6.07, 6.45) is 0. The molecule has 3 heteroatoms. The Hall–Kier alpha value is -2.16. The van der Waals surface area contributed by atoms with Crippen molar-refractivity contribution in [2.45, 2.75) is 6.92 Å². The maximum absolute atomic E-state index is 11.4. The van der Waals surface area contributed by atoms with Crippen molar-refractivity contribution < 1.29 is 9.53 Å². The number of carbonyl (C=O) groups is 1. The van der Waals surface area contributed by atoms with Crippen molar-refractivity contribution in [1.29, 1.82) is 0 Å². The number of aryl methyl sites for hydroxylation is 1. The van der Waals surface area contributed by atoms with Crippen molar-refractivity contribution in [2.24, 2.45) is 0 Å². The molecule has 1 heterocycles. The molecule has 3 nitrogen and oxygen atoms in total. The molecule has 0 radical (unpaired) electrons. The minimum absolute atomic E-state index is 0.334. The van der Waals surface area contributed by atoms with E-state index in [2.05, 4.69) is 4.98 Å². The van der Waals surface area contributed by atoms with Crippen molar-refractivity contribution in [1.82, 2.24) is 4.98 Å². The molecule has 0 saturated heterocycles. The molecule has 0 saturated carbocycles. The minimum atomic E-state index is -0.334.